The molecule has 2 heterocycles. The van der Waals surface area contributed by atoms with E-state index in [1.165, 1.54) is 0 Å². The van der Waals surface area contributed by atoms with E-state index in [-0.39, 0.29) is 31.2 Å². The van der Waals surface area contributed by atoms with Crippen LogP contribution < -0.4 is 4.74 Å². The Morgan fingerprint density at radius 1 is 1.19 bits per heavy atom. The maximum absolute atomic E-state index is 13.6. The summed E-state index contributed by atoms with van der Waals surface area (Å²) < 4.78 is 46.9. The molecular weight excluding hydrogens is 343 g/mol. The predicted octanol–water partition coefficient (Wildman–Crippen LogP) is 4.62. The molecule has 4 bridgehead atoms. The number of halogens is 3. The lowest BCUT2D eigenvalue weighted by Crippen LogP contribution is -2.43. The van der Waals surface area contributed by atoms with Crippen molar-refractivity contribution < 1.29 is 22.7 Å². The van der Waals surface area contributed by atoms with Gasteiger partial charge in [0.25, 0.3) is 0 Å². The van der Waals surface area contributed by atoms with Crippen LogP contribution in [0.2, 0.25) is 0 Å². The van der Waals surface area contributed by atoms with E-state index < -0.39 is 22.6 Å². The van der Waals surface area contributed by atoms with Crippen LogP contribution in [0.15, 0.2) is 24.3 Å². The number of alkyl halides is 3. The van der Waals surface area contributed by atoms with Gasteiger partial charge < -0.3 is 9.64 Å². The summed E-state index contributed by atoms with van der Waals surface area (Å²) in [5.41, 5.74) is -1.96. The number of hydrogen-bond acceptors (Lipinski definition) is 2. The number of carbonyl (C=O) groups is 1. The summed E-state index contributed by atoms with van der Waals surface area (Å²) in [5.74, 6) is 0.705. The van der Waals surface area contributed by atoms with E-state index in [0.29, 0.717) is 25.8 Å². The molecule has 140 valence electrons. The second-order valence-corrected chi connectivity index (χ2v) is 8.98. The van der Waals surface area contributed by atoms with Gasteiger partial charge in [0.15, 0.2) is 0 Å². The van der Waals surface area contributed by atoms with Gasteiger partial charge in [-0.15, -0.1) is 0 Å². The van der Waals surface area contributed by atoms with Gasteiger partial charge in [0.1, 0.15) is 11.4 Å². The molecule has 0 radical (unpaired) electrons. The Morgan fingerprint density at radius 2 is 1.88 bits per heavy atom. The second-order valence-electron chi connectivity index (χ2n) is 8.98. The number of nitrogens with zero attached hydrogens (tertiary/aromatic N) is 1. The van der Waals surface area contributed by atoms with Crippen molar-refractivity contribution in [3.05, 3.63) is 29.8 Å². The highest BCUT2D eigenvalue weighted by atomic mass is 19.4. The predicted molar refractivity (Wildman–Crippen MR) is 88.6 cm³/mol. The van der Waals surface area contributed by atoms with Crippen LogP contribution in [0.3, 0.4) is 0 Å². The topological polar surface area (TPSA) is 29.5 Å². The number of amides is 1. The number of ether oxygens (including phenoxy) is 1. The Labute approximate surface area is 150 Å². The van der Waals surface area contributed by atoms with E-state index in [1.54, 1.807) is 0 Å². The zero-order chi connectivity index (χ0) is 18.4. The molecule has 2 aliphatic heterocycles. The Hall–Kier alpha value is -1.72. The Bertz CT molecular complexity index is 782. The van der Waals surface area contributed by atoms with Crippen molar-refractivity contribution in [3.8, 4) is 5.75 Å². The Kier molecular flexibility index (Phi) is 3.01. The van der Waals surface area contributed by atoms with E-state index in [9.17, 15) is 18.0 Å². The molecule has 4 aliphatic rings. The first-order valence-corrected chi connectivity index (χ1v) is 9.33. The highest BCUT2D eigenvalue weighted by molar-refractivity contribution is 5.85. The van der Waals surface area contributed by atoms with Crippen LogP contribution in [0.1, 0.15) is 57.1 Å². The van der Waals surface area contributed by atoms with Crippen LogP contribution in [0.5, 0.6) is 5.75 Å². The third kappa shape index (κ3) is 1.99. The van der Waals surface area contributed by atoms with Crippen molar-refractivity contribution in [2.45, 2.75) is 63.3 Å². The highest BCUT2D eigenvalue weighted by Crippen LogP contribution is 2.68. The van der Waals surface area contributed by atoms with E-state index in [4.69, 9.17) is 4.74 Å². The third-order valence-electron chi connectivity index (χ3n) is 7.30. The molecule has 5 rings (SSSR count). The molecule has 2 unspecified atom stereocenters. The highest BCUT2D eigenvalue weighted by Gasteiger charge is 2.69. The number of likely N-dealkylation sites (tertiary alicyclic amines) is 1. The van der Waals surface area contributed by atoms with Crippen molar-refractivity contribution in [2.24, 2.45) is 10.8 Å². The molecule has 2 atom stereocenters. The zero-order valence-corrected chi connectivity index (χ0v) is 14.7. The van der Waals surface area contributed by atoms with Gasteiger partial charge >= 0.3 is 6.18 Å². The first kappa shape index (κ1) is 16.5. The fraction of sp³-hybridized carbons (Fsp3) is 0.650. The molecule has 1 aromatic carbocycles. The Balaban J connectivity index is 1.48. The minimum absolute atomic E-state index is 0.0369. The lowest BCUT2D eigenvalue weighted by atomic mass is 9.80. The molecule has 1 aromatic rings. The molecule has 6 heteroatoms. The quantitative estimate of drug-likeness (QED) is 0.727. The number of benzene rings is 1. The monoisotopic (exact) mass is 365 g/mol. The smallest absolute Gasteiger partial charge is 0.394 e. The maximum Gasteiger partial charge on any atom is 0.394 e. The molecule has 0 spiro atoms. The molecule has 2 aliphatic carbocycles. The number of rotatable bonds is 1. The van der Waals surface area contributed by atoms with Crippen LogP contribution in [-0.2, 0) is 4.79 Å². The van der Waals surface area contributed by atoms with E-state index >= 15 is 0 Å². The van der Waals surface area contributed by atoms with Gasteiger partial charge in [-0.05, 0) is 45.1 Å². The standard InChI is InChI=1S/C20H22F3NO2/c1-17-10-14(13-4-2-3-5-15(13)26-17)24(12-17)16(25)18-6-8-19(11-18,9-7-18)20(21,22)23/h2-5,14H,6-12H2,1H3. The van der Waals surface area contributed by atoms with Gasteiger partial charge in [0.2, 0.25) is 5.91 Å². The van der Waals surface area contributed by atoms with E-state index in [1.807, 2.05) is 36.1 Å². The number of hydrogen-bond donors (Lipinski definition) is 0. The lowest BCUT2D eigenvalue weighted by molar-refractivity contribution is -0.220. The molecule has 0 aromatic heterocycles. The molecule has 3 nitrogen and oxygen atoms in total. The lowest BCUT2D eigenvalue weighted by Gasteiger charge is -2.34. The van der Waals surface area contributed by atoms with Gasteiger partial charge in [0.05, 0.1) is 23.4 Å². The van der Waals surface area contributed by atoms with Crippen molar-refractivity contribution in [2.75, 3.05) is 6.54 Å². The summed E-state index contributed by atoms with van der Waals surface area (Å²) >= 11 is 0. The average molecular weight is 365 g/mol. The van der Waals surface area contributed by atoms with Gasteiger partial charge in [-0.25, -0.2) is 0 Å². The summed E-state index contributed by atoms with van der Waals surface area (Å²) in [6.45, 7) is 2.44. The second kappa shape index (κ2) is 4.76. The zero-order valence-electron chi connectivity index (χ0n) is 14.7. The average Bonchev–Trinajstić information content (AvgIpc) is 3.24. The largest absolute Gasteiger partial charge is 0.485 e. The van der Waals surface area contributed by atoms with E-state index in [0.717, 1.165) is 11.3 Å². The van der Waals surface area contributed by atoms with Gasteiger partial charge in [-0.1, -0.05) is 18.2 Å². The molecular formula is C20H22F3NO2. The summed E-state index contributed by atoms with van der Waals surface area (Å²) in [6, 6.07) is 7.61. The first-order chi connectivity index (χ1) is 12.2. The van der Waals surface area contributed by atoms with Crippen LogP contribution in [-0.4, -0.2) is 29.1 Å². The van der Waals surface area contributed by atoms with Crippen LogP contribution in [0.4, 0.5) is 13.2 Å². The molecule has 0 N–H and O–H groups in total. The summed E-state index contributed by atoms with van der Waals surface area (Å²) in [5, 5.41) is 0. The fourth-order valence-corrected chi connectivity index (χ4v) is 5.92. The molecule has 1 saturated heterocycles. The van der Waals surface area contributed by atoms with Crippen LogP contribution in [0.25, 0.3) is 0 Å². The van der Waals surface area contributed by atoms with Gasteiger partial charge in [-0.2, -0.15) is 13.2 Å². The van der Waals surface area contributed by atoms with Crippen LogP contribution >= 0.6 is 0 Å². The summed E-state index contributed by atoms with van der Waals surface area (Å²) in [4.78, 5) is 15.3. The molecule has 3 fully saturated rings. The number of para-hydroxylation sites is 1. The van der Waals surface area contributed by atoms with Crippen molar-refractivity contribution in [1.29, 1.82) is 0 Å². The maximum atomic E-state index is 13.6. The summed E-state index contributed by atoms with van der Waals surface area (Å²) in [7, 11) is 0. The van der Waals surface area contributed by atoms with Crippen molar-refractivity contribution >= 4 is 5.91 Å². The Morgan fingerprint density at radius 3 is 2.54 bits per heavy atom. The van der Waals surface area contributed by atoms with Crippen molar-refractivity contribution in [3.63, 3.8) is 0 Å². The van der Waals surface area contributed by atoms with Gasteiger partial charge in [0, 0.05) is 12.0 Å². The molecule has 26 heavy (non-hydrogen) atoms. The minimum atomic E-state index is -4.21. The summed E-state index contributed by atoms with van der Waals surface area (Å²) in [6.07, 6.45) is -2.66. The van der Waals surface area contributed by atoms with Crippen molar-refractivity contribution in [1.82, 2.24) is 4.90 Å². The fourth-order valence-electron chi connectivity index (χ4n) is 5.92. The van der Waals surface area contributed by atoms with E-state index in [2.05, 4.69) is 0 Å². The van der Waals surface area contributed by atoms with Crippen LogP contribution in [0, 0.1) is 10.8 Å². The molecule has 1 amide bonds. The minimum Gasteiger partial charge on any atom is -0.485 e. The van der Waals surface area contributed by atoms with Gasteiger partial charge in [-0.3, -0.25) is 4.79 Å². The first-order valence-electron chi connectivity index (χ1n) is 9.33. The normalized spacial score (nSPS) is 40.5. The third-order valence-corrected chi connectivity index (χ3v) is 7.30. The molecule has 2 saturated carbocycles. The number of carbonyl (C=O) groups excluding carboxylic acids is 1. The SMILES string of the molecule is CC12CC(c3ccccc3O1)N(C(=O)C13CCC(C(F)(F)F)(CC1)C3)C2. The number of fused-ring (bicyclic) bond motifs is 6.